The molecule has 1 saturated carbocycles. The monoisotopic (exact) mass is 302 g/mol. The van der Waals surface area contributed by atoms with Gasteiger partial charge in [0.1, 0.15) is 0 Å². The quantitative estimate of drug-likeness (QED) is 0.786. The van der Waals surface area contributed by atoms with E-state index >= 15 is 0 Å². The highest BCUT2D eigenvalue weighted by Crippen LogP contribution is 2.30. The summed E-state index contributed by atoms with van der Waals surface area (Å²) in [5.41, 5.74) is -0.709. The number of hydrogen-bond donors (Lipinski definition) is 3. The fraction of sp³-hybridized carbons (Fsp3) is 0.500. The van der Waals surface area contributed by atoms with Crippen LogP contribution in [0.3, 0.4) is 0 Å². The molecule has 1 aromatic carbocycles. The van der Waals surface area contributed by atoms with E-state index in [4.69, 9.17) is 0 Å². The van der Waals surface area contributed by atoms with Gasteiger partial charge in [-0.05, 0) is 43.9 Å². The van der Waals surface area contributed by atoms with E-state index in [0.29, 0.717) is 25.7 Å². The van der Waals surface area contributed by atoms with Crippen molar-refractivity contribution in [1.29, 1.82) is 0 Å². The zero-order valence-corrected chi connectivity index (χ0v) is 11.3. The lowest BCUT2D eigenvalue weighted by molar-refractivity contribution is -0.137. The first-order valence-electron chi connectivity index (χ1n) is 6.77. The lowest BCUT2D eigenvalue weighted by Crippen LogP contribution is -2.40. The summed E-state index contributed by atoms with van der Waals surface area (Å²) in [6, 6.07) is 3.90. The van der Waals surface area contributed by atoms with Gasteiger partial charge in [0.15, 0.2) is 0 Å². The van der Waals surface area contributed by atoms with Gasteiger partial charge in [-0.25, -0.2) is 4.79 Å². The normalized spacial score (nSPS) is 22.7. The number of hydrogen-bond acceptors (Lipinski definition) is 2. The maximum atomic E-state index is 12.6. The van der Waals surface area contributed by atoms with Crippen LogP contribution in [0.4, 0.5) is 23.7 Å². The molecule has 2 rings (SSSR count). The van der Waals surface area contributed by atoms with E-state index < -0.39 is 17.8 Å². The van der Waals surface area contributed by atoms with Gasteiger partial charge in [-0.1, -0.05) is 6.07 Å². The predicted octanol–water partition coefficient (Wildman–Crippen LogP) is 3.13. The third kappa shape index (κ3) is 4.63. The number of aliphatic hydroxyl groups excluding tert-OH is 1. The van der Waals surface area contributed by atoms with Gasteiger partial charge in [0.25, 0.3) is 0 Å². The SMILES string of the molecule is O=C(Nc1cccc(C(F)(F)F)c1)N[C@H]1CC[C@H](O)CC1. The molecule has 7 heteroatoms. The Kier molecular flexibility index (Phi) is 4.72. The Bertz CT molecular complexity index is 497. The van der Waals surface area contributed by atoms with Gasteiger partial charge < -0.3 is 15.7 Å². The van der Waals surface area contributed by atoms with Crippen LogP contribution in [0.15, 0.2) is 24.3 Å². The molecule has 21 heavy (non-hydrogen) atoms. The number of urea groups is 1. The van der Waals surface area contributed by atoms with E-state index in [1.54, 1.807) is 0 Å². The van der Waals surface area contributed by atoms with Crippen LogP contribution in [-0.4, -0.2) is 23.3 Å². The molecule has 0 saturated heterocycles. The molecule has 0 bridgehead atoms. The Morgan fingerprint density at radius 2 is 1.86 bits per heavy atom. The minimum absolute atomic E-state index is 0.0563. The molecule has 0 atom stereocenters. The zero-order valence-electron chi connectivity index (χ0n) is 11.3. The highest BCUT2D eigenvalue weighted by Gasteiger charge is 2.30. The second-order valence-corrected chi connectivity index (χ2v) is 5.18. The highest BCUT2D eigenvalue weighted by atomic mass is 19.4. The van der Waals surface area contributed by atoms with Gasteiger partial charge in [0.2, 0.25) is 0 Å². The van der Waals surface area contributed by atoms with Crippen molar-refractivity contribution in [2.45, 2.75) is 44.0 Å². The molecule has 0 aliphatic heterocycles. The fourth-order valence-corrected chi connectivity index (χ4v) is 2.35. The van der Waals surface area contributed by atoms with Crippen molar-refractivity contribution < 1.29 is 23.1 Å². The number of anilines is 1. The molecule has 0 unspecified atom stereocenters. The summed E-state index contributed by atoms with van der Waals surface area (Å²) in [4.78, 5) is 11.8. The van der Waals surface area contributed by atoms with Crippen molar-refractivity contribution in [2.24, 2.45) is 0 Å². The smallest absolute Gasteiger partial charge is 0.393 e. The molecule has 2 amide bonds. The number of carbonyl (C=O) groups excluding carboxylic acids is 1. The number of halogens is 3. The first-order chi connectivity index (χ1) is 9.84. The Labute approximate surface area is 120 Å². The van der Waals surface area contributed by atoms with Crippen molar-refractivity contribution in [1.82, 2.24) is 5.32 Å². The lowest BCUT2D eigenvalue weighted by atomic mass is 9.93. The van der Waals surface area contributed by atoms with Crippen molar-refractivity contribution in [2.75, 3.05) is 5.32 Å². The largest absolute Gasteiger partial charge is 0.416 e. The molecule has 1 fully saturated rings. The van der Waals surface area contributed by atoms with E-state index in [2.05, 4.69) is 10.6 Å². The van der Waals surface area contributed by atoms with Crippen molar-refractivity contribution in [3.8, 4) is 0 Å². The van der Waals surface area contributed by atoms with Crippen LogP contribution < -0.4 is 10.6 Å². The summed E-state index contributed by atoms with van der Waals surface area (Å²) < 4.78 is 37.7. The van der Waals surface area contributed by atoms with E-state index in [-0.39, 0.29) is 17.8 Å². The van der Waals surface area contributed by atoms with E-state index in [9.17, 15) is 23.1 Å². The van der Waals surface area contributed by atoms with Crippen molar-refractivity contribution in [3.05, 3.63) is 29.8 Å². The Balaban J connectivity index is 1.91. The van der Waals surface area contributed by atoms with Crippen LogP contribution in [0.25, 0.3) is 0 Å². The molecule has 0 heterocycles. The maximum absolute atomic E-state index is 12.6. The Hall–Kier alpha value is -1.76. The lowest BCUT2D eigenvalue weighted by Gasteiger charge is -2.26. The van der Waals surface area contributed by atoms with Crippen LogP contribution in [0, 0.1) is 0 Å². The first kappa shape index (κ1) is 15.6. The molecule has 1 aliphatic carbocycles. The van der Waals surface area contributed by atoms with Gasteiger partial charge in [0, 0.05) is 11.7 Å². The van der Waals surface area contributed by atoms with Crippen LogP contribution in [0.2, 0.25) is 0 Å². The van der Waals surface area contributed by atoms with Gasteiger partial charge in [-0.3, -0.25) is 0 Å². The van der Waals surface area contributed by atoms with Crippen molar-refractivity contribution in [3.63, 3.8) is 0 Å². The first-order valence-corrected chi connectivity index (χ1v) is 6.77. The molecule has 0 aromatic heterocycles. The number of nitrogens with one attached hydrogen (secondary N) is 2. The second kappa shape index (κ2) is 6.34. The van der Waals surface area contributed by atoms with Crippen LogP contribution in [-0.2, 0) is 6.18 Å². The summed E-state index contributed by atoms with van der Waals surface area (Å²) in [6.07, 6.45) is -2.19. The number of carbonyl (C=O) groups is 1. The summed E-state index contributed by atoms with van der Waals surface area (Å²) >= 11 is 0. The summed E-state index contributed by atoms with van der Waals surface area (Å²) in [6.45, 7) is 0. The molecular weight excluding hydrogens is 285 g/mol. The third-order valence-electron chi connectivity index (χ3n) is 3.48. The highest BCUT2D eigenvalue weighted by molar-refractivity contribution is 5.89. The molecule has 4 nitrogen and oxygen atoms in total. The van der Waals surface area contributed by atoms with Crippen LogP contribution in [0.5, 0.6) is 0 Å². The van der Waals surface area contributed by atoms with Gasteiger partial charge >= 0.3 is 12.2 Å². The molecule has 0 radical (unpaired) electrons. The van der Waals surface area contributed by atoms with Gasteiger partial charge in [0.05, 0.1) is 11.7 Å². The van der Waals surface area contributed by atoms with Crippen LogP contribution in [0.1, 0.15) is 31.2 Å². The molecular formula is C14H17F3N2O2. The Morgan fingerprint density at radius 1 is 1.19 bits per heavy atom. The third-order valence-corrected chi connectivity index (χ3v) is 3.48. The fourth-order valence-electron chi connectivity index (χ4n) is 2.35. The molecule has 1 aliphatic rings. The standard InChI is InChI=1S/C14H17F3N2O2/c15-14(16,17)9-2-1-3-11(8-9)19-13(21)18-10-4-6-12(20)7-5-10/h1-3,8,10,12,20H,4-7H2,(H2,18,19,21)/t10-,12-. The van der Waals surface area contributed by atoms with Gasteiger partial charge in [-0.15, -0.1) is 0 Å². The number of alkyl halides is 3. The number of benzene rings is 1. The van der Waals surface area contributed by atoms with E-state index in [1.165, 1.54) is 12.1 Å². The molecule has 3 N–H and O–H groups in total. The van der Waals surface area contributed by atoms with Gasteiger partial charge in [-0.2, -0.15) is 13.2 Å². The Morgan fingerprint density at radius 3 is 2.48 bits per heavy atom. The number of amides is 2. The molecule has 0 spiro atoms. The predicted molar refractivity (Wildman–Crippen MR) is 71.9 cm³/mol. The van der Waals surface area contributed by atoms with E-state index in [0.717, 1.165) is 12.1 Å². The average Bonchev–Trinajstić information content (AvgIpc) is 2.41. The minimum Gasteiger partial charge on any atom is -0.393 e. The summed E-state index contributed by atoms with van der Waals surface area (Å²) in [7, 11) is 0. The molecule has 116 valence electrons. The van der Waals surface area contributed by atoms with E-state index in [1.807, 2.05) is 0 Å². The second-order valence-electron chi connectivity index (χ2n) is 5.18. The minimum atomic E-state index is -4.44. The maximum Gasteiger partial charge on any atom is 0.416 e. The average molecular weight is 302 g/mol. The number of rotatable bonds is 2. The van der Waals surface area contributed by atoms with Crippen molar-refractivity contribution >= 4 is 11.7 Å². The topological polar surface area (TPSA) is 61.4 Å². The summed E-state index contributed by atoms with van der Waals surface area (Å²) in [5, 5.41) is 14.5. The summed E-state index contributed by atoms with van der Waals surface area (Å²) in [5.74, 6) is 0. The molecule has 1 aromatic rings. The van der Waals surface area contributed by atoms with Crippen LogP contribution >= 0.6 is 0 Å². The zero-order chi connectivity index (χ0) is 15.5. The number of aliphatic hydroxyl groups is 1.